The highest BCUT2D eigenvalue weighted by Gasteiger charge is 2.16. The molecule has 1 amide bonds. The third-order valence-corrected chi connectivity index (χ3v) is 4.12. The van der Waals surface area contributed by atoms with E-state index in [9.17, 15) is 4.79 Å². The molecule has 0 spiro atoms. The van der Waals surface area contributed by atoms with Gasteiger partial charge < -0.3 is 14.5 Å². The third-order valence-electron chi connectivity index (χ3n) is 4.12. The molecule has 2 aromatic carbocycles. The number of carbonyl (C=O) groups excluding carboxylic acids is 1. The molecule has 132 valence electrons. The summed E-state index contributed by atoms with van der Waals surface area (Å²) in [6.07, 6.45) is 3.34. The molecule has 0 aliphatic carbocycles. The Balaban J connectivity index is 1.83. The highest BCUT2D eigenvalue weighted by molar-refractivity contribution is 6.24. The van der Waals surface area contributed by atoms with Crippen molar-refractivity contribution in [2.45, 2.75) is 13.0 Å². The van der Waals surface area contributed by atoms with Gasteiger partial charge in [-0.05, 0) is 48.4 Å². The number of methoxy groups -OCH3 is 1. The first kappa shape index (κ1) is 17.5. The molecule has 4 nitrogen and oxygen atoms in total. The number of hydrogen-bond donors (Lipinski definition) is 1. The van der Waals surface area contributed by atoms with Gasteiger partial charge >= 0.3 is 0 Å². The van der Waals surface area contributed by atoms with Gasteiger partial charge in [0.25, 0.3) is 5.91 Å². The number of benzene rings is 2. The largest absolute Gasteiger partial charge is 0.497 e. The molecule has 0 saturated carbocycles. The van der Waals surface area contributed by atoms with Gasteiger partial charge in [0.1, 0.15) is 11.5 Å². The lowest BCUT2D eigenvalue weighted by Gasteiger charge is -2.16. The van der Waals surface area contributed by atoms with E-state index in [-0.39, 0.29) is 11.9 Å². The van der Waals surface area contributed by atoms with Crippen LogP contribution < -0.4 is 10.1 Å². The first-order valence-electron chi connectivity index (χ1n) is 8.43. The van der Waals surface area contributed by atoms with Crippen LogP contribution in [-0.4, -0.2) is 13.0 Å². The number of furan rings is 1. The summed E-state index contributed by atoms with van der Waals surface area (Å²) in [5.74, 6) is 1.27. The summed E-state index contributed by atoms with van der Waals surface area (Å²) in [6, 6.07) is 20.7. The van der Waals surface area contributed by atoms with Gasteiger partial charge in [-0.3, -0.25) is 4.79 Å². The molecule has 1 N–H and O–H groups in total. The quantitative estimate of drug-likeness (QED) is 0.657. The van der Waals surface area contributed by atoms with Crippen molar-refractivity contribution in [3.63, 3.8) is 0 Å². The van der Waals surface area contributed by atoms with Gasteiger partial charge in [-0.1, -0.05) is 42.5 Å². The summed E-state index contributed by atoms with van der Waals surface area (Å²) in [5.41, 5.74) is 2.40. The molecule has 0 unspecified atom stereocenters. The molecule has 1 aromatic heterocycles. The zero-order valence-electron chi connectivity index (χ0n) is 14.8. The summed E-state index contributed by atoms with van der Waals surface area (Å²) in [5, 5.41) is 3.05. The molecule has 0 aliphatic rings. The first-order valence-corrected chi connectivity index (χ1v) is 8.43. The van der Waals surface area contributed by atoms with Crippen molar-refractivity contribution in [3.05, 3.63) is 89.9 Å². The van der Waals surface area contributed by atoms with Crippen molar-refractivity contribution in [3.8, 4) is 5.75 Å². The number of ether oxygens (including phenoxy) is 1. The smallest absolute Gasteiger partial charge is 0.252 e. The molecule has 0 bridgehead atoms. The number of carbonyl (C=O) groups is 1. The number of rotatable bonds is 6. The van der Waals surface area contributed by atoms with Gasteiger partial charge in [0, 0.05) is 0 Å². The van der Waals surface area contributed by atoms with E-state index < -0.39 is 0 Å². The maximum atomic E-state index is 12.9. The Kier molecular flexibility index (Phi) is 5.54. The van der Waals surface area contributed by atoms with E-state index in [1.165, 1.54) is 0 Å². The van der Waals surface area contributed by atoms with E-state index in [2.05, 4.69) is 5.32 Å². The molecule has 4 heteroatoms. The molecule has 3 rings (SSSR count). The molecular formula is C22H21NO3. The number of nitrogens with one attached hydrogen (secondary N) is 1. The van der Waals surface area contributed by atoms with Crippen LogP contribution in [-0.2, 0) is 4.79 Å². The van der Waals surface area contributed by atoms with E-state index in [4.69, 9.17) is 9.15 Å². The second-order valence-corrected chi connectivity index (χ2v) is 5.91. The second kappa shape index (κ2) is 8.21. The third kappa shape index (κ3) is 4.22. The summed E-state index contributed by atoms with van der Waals surface area (Å²) in [7, 11) is 1.63. The zero-order valence-corrected chi connectivity index (χ0v) is 14.8. The highest BCUT2D eigenvalue weighted by Crippen LogP contribution is 2.22. The van der Waals surface area contributed by atoms with Gasteiger partial charge in [-0.25, -0.2) is 0 Å². The predicted molar refractivity (Wildman–Crippen MR) is 103 cm³/mol. The van der Waals surface area contributed by atoms with Crippen LogP contribution in [0.1, 0.15) is 29.9 Å². The van der Waals surface area contributed by atoms with Crippen LogP contribution in [0.5, 0.6) is 5.75 Å². The maximum Gasteiger partial charge on any atom is 0.252 e. The van der Waals surface area contributed by atoms with E-state index >= 15 is 0 Å². The number of hydrogen-bond acceptors (Lipinski definition) is 3. The minimum Gasteiger partial charge on any atom is -0.497 e. The van der Waals surface area contributed by atoms with Crippen LogP contribution in [0.15, 0.2) is 77.4 Å². The lowest BCUT2D eigenvalue weighted by Crippen LogP contribution is -2.27. The Bertz CT molecular complexity index is 866. The molecule has 1 heterocycles. The zero-order chi connectivity index (χ0) is 18.4. The van der Waals surface area contributed by atoms with E-state index in [0.717, 1.165) is 16.9 Å². The van der Waals surface area contributed by atoms with Crippen molar-refractivity contribution in [2.24, 2.45) is 0 Å². The lowest BCUT2D eigenvalue weighted by molar-refractivity contribution is -0.116. The molecule has 0 fully saturated rings. The van der Waals surface area contributed by atoms with Crippen LogP contribution in [0.2, 0.25) is 0 Å². The molecular weight excluding hydrogens is 326 g/mol. The van der Waals surface area contributed by atoms with Crippen molar-refractivity contribution < 1.29 is 13.9 Å². The van der Waals surface area contributed by atoms with Gasteiger partial charge in [0.2, 0.25) is 0 Å². The Labute approximate surface area is 153 Å². The molecule has 1 atom stereocenters. The van der Waals surface area contributed by atoms with Crippen molar-refractivity contribution in [2.75, 3.05) is 7.11 Å². The Morgan fingerprint density at radius 2 is 1.77 bits per heavy atom. The number of amides is 1. The van der Waals surface area contributed by atoms with Gasteiger partial charge in [0.15, 0.2) is 0 Å². The standard InChI is InChI=1S/C22H21NO3/c1-16(17-10-12-19(25-2)13-11-17)23-22(24)21(15-20-9-6-14-26-20)18-7-4-3-5-8-18/h3-16H,1-2H3,(H,23,24)/b21-15+/t16-/m0/s1. The van der Waals surface area contributed by atoms with Crippen molar-refractivity contribution in [1.82, 2.24) is 5.32 Å². The van der Waals surface area contributed by atoms with Crippen LogP contribution in [0.3, 0.4) is 0 Å². The van der Waals surface area contributed by atoms with E-state index in [0.29, 0.717) is 11.3 Å². The fourth-order valence-electron chi connectivity index (χ4n) is 2.66. The predicted octanol–water partition coefficient (Wildman–Crippen LogP) is 4.71. The molecule has 0 aliphatic heterocycles. The average molecular weight is 347 g/mol. The second-order valence-electron chi connectivity index (χ2n) is 5.91. The SMILES string of the molecule is COc1ccc([C@H](C)NC(=O)/C(=C/c2ccco2)c2ccccc2)cc1. The van der Waals surface area contributed by atoms with Crippen molar-refractivity contribution in [1.29, 1.82) is 0 Å². The minimum absolute atomic E-state index is 0.142. The van der Waals surface area contributed by atoms with Crippen LogP contribution in [0.25, 0.3) is 11.6 Å². The van der Waals surface area contributed by atoms with Gasteiger partial charge in [-0.15, -0.1) is 0 Å². The van der Waals surface area contributed by atoms with E-state index in [1.807, 2.05) is 67.6 Å². The summed E-state index contributed by atoms with van der Waals surface area (Å²) >= 11 is 0. The monoisotopic (exact) mass is 347 g/mol. The molecule has 26 heavy (non-hydrogen) atoms. The highest BCUT2D eigenvalue weighted by atomic mass is 16.5. The lowest BCUT2D eigenvalue weighted by atomic mass is 10.0. The normalized spacial score (nSPS) is 12.5. The summed E-state index contributed by atoms with van der Waals surface area (Å²) in [4.78, 5) is 12.9. The topological polar surface area (TPSA) is 51.5 Å². The van der Waals surface area contributed by atoms with E-state index in [1.54, 1.807) is 25.5 Å². The van der Waals surface area contributed by atoms with Crippen LogP contribution in [0, 0.1) is 0 Å². The molecule has 0 saturated heterocycles. The Hall–Kier alpha value is -3.27. The Morgan fingerprint density at radius 1 is 1.04 bits per heavy atom. The first-order chi connectivity index (χ1) is 12.7. The van der Waals surface area contributed by atoms with Gasteiger partial charge in [0.05, 0.1) is 25.0 Å². The fourth-order valence-corrected chi connectivity index (χ4v) is 2.66. The average Bonchev–Trinajstić information content (AvgIpc) is 3.20. The minimum atomic E-state index is -0.157. The van der Waals surface area contributed by atoms with Crippen LogP contribution in [0.4, 0.5) is 0 Å². The fraction of sp³-hybridized carbons (Fsp3) is 0.136. The summed E-state index contributed by atoms with van der Waals surface area (Å²) < 4.78 is 10.6. The Morgan fingerprint density at radius 3 is 2.38 bits per heavy atom. The summed E-state index contributed by atoms with van der Waals surface area (Å²) in [6.45, 7) is 1.95. The maximum absolute atomic E-state index is 12.9. The molecule has 0 radical (unpaired) electrons. The van der Waals surface area contributed by atoms with Crippen molar-refractivity contribution >= 4 is 17.6 Å². The molecule has 3 aromatic rings. The van der Waals surface area contributed by atoms with Crippen LogP contribution >= 0.6 is 0 Å². The van der Waals surface area contributed by atoms with Gasteiger partial charge in [-0.2, -0.15) is 0 Å².